The van der Waals surface area contributed by atoms with Crippen molar-refractivity contribution >= 4 is 11.4 Å². The molecular weight excluding hydrogens is 477 g/mol. The molecule has 4 nitrogen and oxygen atoms in total. The summed E-state index contributed by atoms with van der Waals surface area (Å²) in [7, 11) is 1.73. The molecule has 1 aliphatic rings. The Kier molecular flexibility index (Phi) is 6.83. The predicted molar refractivity (Wildman–Crippen MR) is 100 cm³/mol. The largest absolute Gasteiger partial charge is 0.380 e. The van der Waals surface area contributed by atoms with Crippen molar-refractivity contribution in [3.63, 3.8) is 0 Å². The van der Waals surface area contributed by atoms with Crippen molar-refractivity contribution in [2.24, 2.45) is 5.73 Å². The molecule has 1 saturated heterocycles. The van der Waals surface area contributed by atoms with Gasteiger partial charge in [0.2, 0.25) is 0 Å². The Bertz CT molecular complexity index is 712. The first-order valence-corrected chi connectivity index (χ1v) is 8.46. The molecule has 0 saturated carbocycles. The predicted octanol–water partition coefficient (Wildman–Crippen LogP) is 3.32. The summed E-state index contributed by atoms with van der Waals surface area (Å²) in [6.45, 7) is 8.91. The number of rotatable bonds is 4. The number of nitrogens with two attached hydrogens (primary N) is 1. The van der Waals surface area contributed by atoms with Gasteiger partial charge in [0.15, 0.2) is 6.29 Å². The van der Waals surface area contributed by atoms with Crippen molar-refractivity contribution in [1.29, 1.82) is 0 Å². The van der Waals surface area contributed by atoms with E-state index in [1.807, 2.05) is 6.07 Å². The van der Waals surface area contributed by atoms with Crippen molar-refractivity contribution in [3.05, 3.63) is 58.7 Å². The van der Waals surface area contributed by atoms with E-state index in [1.54, 1.807) is 7.11 Å². The molecule has 25 heavy (non-hydrogen) atoms. The third kappa shape index (κ3) is 3.99. The summed E-state index contributed by atoms with van der Waals surface area (Å²) in [6, 6.07) is 12.8. The van der Waals surface area contributed by atoms with Crippen LogP contribution in [0.2, 0.25) is 0 Å². The van der Waals surface area contributed by atoms with E-state index < -0.39 is 0 Å². The zero-order valence-electron chi connectivity index (χ0n) is 15.5. The minimum Gasteiger partial charge on any atom is -0.380 e. The molecule has 0 radical (unpaired) electrons. The van der Waals surface area contributed by atoms with Crippen LogP contribution in [0.25, 0.3) is 0 Å². The van der Waals surface area contributed by atoms with Gasteiger partial charge in [-0.25, -0.2) is 0 Å². The summed E-state index contributed by atoms with van der Waals surface area (Å²) in [6.07, 6.45) is -0.164. The van der Waals surface area contributed by atoms with E-state index in [0.717, 1.165) is 18.8 Å². The third-order valence-electron chi connectivity index (χ3n) is 4.74. The summed E-state index contributed by atoms with van der Waals surface area (Å²) in [4.78, 5) is 4.58. The van der Waals surface area contributed by atoms with Gasteiger partial charge in [-0.15, -0.1) is 0 Å². The minimum absolute atomic E-state index is 0. The molecule has 2 aromatic rings. The summed E-state index contributed by atoms with van der Waals surface area (Å²) in [5.41, 5.74) is 14.1. The van der Waals surface area contributed by atoms with Gasteiger partial charge in [0.25, 0.3) is 0 Å². The van der Waals surface area contributed by atoms with Gasteiger partial charge < -0.3 is 14.5 Å². The summed E-state index contributed by atoms with van der Waals surface area (Å²) >= 11 is 0. The van der Waals surface area contributed by atoms with Gasteiger partial charge in [-0.05, 0) is 38.0 Å². The molecular formula is C20H27HfN3O. The van der Waals surface area contributed by atoms with Gasteiger partial charge in [0.05, 0.1) is 6.61 Å². The van der Waals surface area contributed by atoms with Crippen molar-refractivity contribution in [2.45, 2.75) is 33.7 Å². The maximum Gasteiger partial charge on any atom is 0.155 e. The minimum atomic E-state index is -0.164. The molecule has 0 aromatic heterocycles. The smallest absolute Gasteiger partial charge is 0.155 e. The Morgan fingerprint density at radius 1 is 1.04 bits per heavy atom. The van der Waals surface area contributed by atoms with Crippen LogP contribution in [-0.2, 0) is 37.2 Å². The van der Waals surface area contributed by atoms with Gasteiger partial charge in [-0.2, -0.15) is 0 Å². The molecule has 1 fully saturated rings. The molecule has 5 heteroatoms. The molecule has 2 aromatic carbocycles. The molecule has 1 heterocycles. The number of hydrogen-bond donors (Lipinski definition) is 1. The van der Waals surface area contributed by atoms with Gasteiger partial charge in [0, 0.05) is 63.0 Å². The third-order valence-corrected chi connectivity index (χ3v) is 4.74. The summed E-state index contributed by atoms with van der Waals surface area (Å²) < 4.78 is 5.35. The average molecular weight is 504 g/mol. The van der Waals surface area contributed by atoms with Crippen molar-refractivity contribution in [2.75, 3.05) is 30.0 Å². The Labute approximate surface area is 169 Å². The van der Waals surface area contributed by atoms with E-state index in [-0.39, 0.29) is 32.1 Å². The van der Waals surface area contributed by atoms with Crippen LogP contribution in [0.15, 0.2) is 36.4 Å². The van der Waals surface area contributed by atoms with Gasteiger partial charge in [0.1, 0.15) is 0 Å². The molecule has 0 spiro atoms. The maximum atomic E-state index is 6.64. The number of hydrogen-bond acceptors (Lipinski definition) is 4. The normalized spacial score (nSPS) is 16.9. The Hall–Kier alpha value is -1.17. The Morgan fingerprint density at radius 2 is 1.64 bits per heavy atom. The number of para-hydroxylation sites is 1. The molecule has 0 amide bonds. The van der Waals surface area contributed by atoms with E-state index in [4.69, 9.17) is 10.5 Å². The summed E-state index contributed by atoms with van der Waals surface area (Å²) in [5.74, 6) is 0. The number of ether oxygens (including phenoxy) is 1. The van der Waals surface area contributed by atoms with E-state index >= 15 is 0 Å². The molecule has 3 rings (SSSR count). The van der Waals surface area contributed by atoms with Crippen LogP contribution in [0.1, 0.15) is 22.3 Å². The number of benzene rings is 2. The van der Waals surface area contributed by atoms with Gasteiger partial charge in [-0.3, -0.25) is 5.73 Å². The molecule has 1 aliphatic heterocycles. The van der Waals surface area contributed by atoms with E-state index in [0.29, 0.717) is 6.61 Å². The van der Waals surface area contributed by atoms with Gasteiger partial charge >= 0.3 is 0 Å². The average Bonchev–Trinajstić information content (AvgIpc) is 2.89. The van der Waals surface area contributed by atoms with Gasteiger partial charge in [-0.1, -0.05) is 35.9 Å². The van der Waals surface area contributed by atoms with Crippen molar-refractivity contribution < 1.29 is 30.6 Å². The molecule has 132 valence electrons. The molecule has 2 N–H and O–H groups in total. The second kappa shape index (κ2) is 8.47. The molecule has 1 atom stereocenters. The van der Waals surface area contributed by atoms with E-state index in [9.17, 15) is 0 Å². The van der Waals surface area contributed by atoms with Crippen LogP contribution in [0.4, 0.5) is 11.4 Å². The fourth-order valence-electron chi connectivity index (χ4n) is 3.85. The zero-order valence-corrected chi connectivity index (χ0v) is 19.1. The first kappa shape index (κ1) is 20.1. The zero-order chi connectivity index (χ0) is 17.3. The van der Waals surface area contributed by atoms with E-state index in [1.165, 1.54) is 27.9 Å². The van der Waals surface area contributed by atoms with Crippen LogP contribution < -0.4 is 15.5 Å². The standard InChI is InChI=1S/C20H27N3O.Hf/c1-14-11-15(2)19(16(3)12-14)23-10-9-22(20(23)21)18-8-6-5-7-17(18)13-24-4;/h5-8,11-12,20H,9-10,13,21H2,1-4H3;. The number of nitrogens with zero attached hydrogens (tertiary/aromatic N) is 2. The second-order valence-corrected chi connectivity index (χ2v) is 6.61. The quantitative estimate of drug-likeness (QED) is 0.650. The summed E-state index contributed by atoms with van der Waals surface area (Å²) in [5, 5.41) is 0. The molecule has 1 unspecified atom stereocenters. The number of anilines is 2. The first-order chi connectivity index (χ1) is 11.5. The van der Waals surface area contributed by atoms with Crippen molar-refractivity contribution in [3.8, 4) is 0 Å². The monoisotopic (exact) mass is 505 g/mol. The Balaban J connectivity index is 0.00000225. The second-order valence-electron chi connectivity index (χ2n) is 6.61. The first-order valence-electron chi connectivity index (χ1n) is 8.46. The van der Waals surface area contributed by atoms with Crippen LogP contribution in [0.5, 0.6) is 0 Å². The van der Waals surface area contributed by atoms with Crippen LogP contribution >= 0.6 is 0 Å². The Morgan fingerprint density at radius 3 is 2.28 bits per heavy atom. The fraction of sp³-hybridized carbons (Fsp3) is 0.400. The topological polar surface area (TPSA) is 41.7 Å². The van der Waals surface area contributed by atoms with Crippen molar-refractivity contribution in [1.82, 2.24) is 0 Å². The number of methoxy groups -OCH3 is 1. The van der Waals surface area contributed by atoms with Crippen LogP contribution in [0, 0.1) is 20.8 Å². The molecule has 0 bridgehead atoms. The van der Waals surface area contributed by atoms with E-state index in [2.05, 4.69) is 60.9 Å². The maximum absolute atomic E-state index is 6.64. The number of aryl methyl sites for hydroxylation is 3. The fourth-order valence-corrected chi connectivity index (χ4v) is 3.85. The van der Waals surface area contributed by atoms with Crippen LogP contribution in [0.3, 0.4) is 0 Å². The molecule has 0 aliphatic carbocycles. The SMILES string of the molecule is COCc1ccccc1N1CCN(c2c(C)cc(C)cc2C)C1N.[Hf]. The van der Waals surface area contributed by atoms with Crippen LogP contribution in [-0.4, -0.2) is 26.5 Å².